The van der Waals surface area contributed by atoms with E-state index in [9.17, 15) is 8.42 Å². The van der Waals surface area contributed by atoms with Crippen molar-refractivity contribution in [1.29, 1.82) is 0 Å². The molecule has 2 aromatic heterocycles. The van der Waals surface area contributed by atoms with E-state index in [0.29, 0.717) is 11.5 Å². The number of aromatic nitrogens is 4. The molecule has 0 unspecified atom stereocenters. The molecule has 0 radical (unpaired) electrons. The van der Waals surface area contributed by atoms with Crippen molar-refractivity contribution in [2.75, 3.05) is 0 Å². The number of nitrogens with zero attached hydrogens (tertiary/aromatic N) is 4. The third-order valence-electron chi connectivity index (χ3n) is 2.68. The highest BCUT2D eigenvalue weighted by Gasteiger charge is 2.29. The van der Waals surface area contributed by atoms with Crippen LogP contribution in [0.3, 0.4) is 0 Å². The molecule has 0 atom stereocenters. The SMILES string of the molecule is Cc1cccc(-c2nnc(S(N)(=O)=O)n2C(C)(C)C)n1. The van der Waals surface area contributed by atoms with Crippen LogP contribution in [0.25, 0.3) is 11.5 Å². The molecule has 0 bridgehead atoms. The van der Waals surface area contributed by atoms with Gasteiger partial charge >= 0.3 is 0 Å². The van der Waals surface area contributed by atoms with E-state index >= 15 is 0 Å². The molecule has 108 valence electrons. The molecule has 20 heavy (non-hydrogen) atoms. The molecule has 7 nitrogen and oxygen atoms in total. The normalized spacial score (nSPS) is 12.7. The minimum Gasteiger partial charge on any atom is -0.290 e. The van der Waals surface area contributed by atoms with E-state index < -0.39 is 15.6 Å². The Balaban J connectivity index is 2.76. The highest BCUT2D eigenvalue weighted by atomic mass is 32.2. The van der Waals surface area contributed by atoms with Crippen LogP contribution in [0.1, 0.15) is 26.5 Å². The molecule has 2 heterocycles. The van der Waals surface area contributed by atoms with Gasteiger partial charge in [-0.05, 0) is 39.8 Å². The summed E-state index contributed by atoms with van der Waals surface area (Å²) >= 11 is 0. The summed E-state index contributed by atoms with van der Waals surface area (Å²) in [5, 5.41) is 12.6. The van der Waals surface area contributed by atoms with Crippen LogP contribution >= 0.6 is 0 Å². The highest BCUT2D eigenvalue weighted by molar-refractivity contribution is 7.89. The molecule has 0 fully saturated rings. The Labute approximate surface area is 117 Å². The maximum Gasteiger partial charge on any atom is 0.273 e. The zero-order valence-electron chi connectivity index (χ0n) is 11.8. The summed E-state index contributed by atoms with van der Waals surface area (Å²) in [5.74, 6) is 0.380. The van der Waals surface area contributed by atoms with Crippen LogP contribution in [0.5, 0.6) is 0 Å². The molecule has 2 rings (SSSR count). The first-order chi connectivity index (χ1) is 9.10. The van der Waals surface area contributed by atoms with Crippen LogP contribution in [-0.2, 0) is 15.6 Å². The fourth-order valence-electron chi connectivity index (χ4n) is 1.89. The van der Waals surface area contributed by atoms with Crippen molar-refractivity contribution in [2.45, 2.75) is 38.4 Å². The third-order valence-corrected chi connectivity index (χ3v) is 3.45. The Morgan fingerprint density at radius 2 is 1.85 bits per heavy atom. The van der Waals surface area contributed by atoms with Crippen LogP contribution in [0.2, 0.25) is 0 Å². The Morgan fingerprint density at radius 3 is 2.35 bits per heavy atom. The van der Waals surface area contributed by atoms with Crippen molar-refractivity contribution in [3.63, 3.8) is 0 Å². The lowest BCUT2D eigenvalue weighted by atomic mass is 10.1. The standard InChI is InChI=1S/C12H17N5O2S/c1-8-6-5-7-9(14-8)10-15-16-11(20(13,18)19)17(10)12(2,3)4/h5-7H,1-4H3,(H2,13,18,19). The number of nitrogens with two attached hydrogens (primary N) is 1. The zero-order chi connectivity index (χ0) is 15.1. The minimum absolute atomic E-state index is 0.261. The second-order valence-electron chi connectivity index (χ2n) is 5.52. The van der Waals surface area contributed by atoms with Gasteiger partial charge in [0.25, 0.3) is 15.2 Å². The number of hydrogen-bond donors (Lipinski definition) is 1. The molecule has 8 heteroatoms. The van der Waals surface area contributed by atoms with Crippen LogP contribution in [0, 0.1) is 6.92 Å². The number of pyridine rings is 1. The lowest BCUT2D eigenvalue weighted by Crippen LogP contribution is -2.29. The topological polar surface area (TPSA) is 104 Å². The first-order valence-corrected chi connectivity index (χ1v) is 7.58. The van der Waals surface area contributed by atoms with Crippen LogP contribution in [0.15, 0.2) is 23.4 Å². The van der Waals surface area contributed by atoms with E-state index in [1.54, 1.807) is 6.07 Å². The summed E-state index contributed by atoms with van der Waals surface area (Å²) in [6.45, 7) is 7.40. The summed E-state index contributed by atoms with van der Waals surface area (Å²) in [4.78, 5) is 4.35. The number of sulfonamides is 1. The minimum atomic E-state index is -3.95. The molecule has 0 saturated heterocycles. The molecule has 0 amide bonds. The summed E-state index contributed by atoms with van der Waals surface area (Å²) in [7, 11) is -3.95. The number of rotatable bonds is 2. The van der Waals surface area contributed by atoms with Crippen molar-refractivity contribution in [1.82, 2.24) is 19.7 Å². The summed E-state index contributed by atoms with van der Waals surface area (Å²) in [6, 6.07) is 5.43. The van der Waals surface area contributed by atoms with Gasteiger partial charge < -0.3 is 0 Å². The predicted molar refractivity (Wildman–Crippen MR) is 74.4 cm³/mol. The molecule has 0 spiro atoms. The van der Waals surface area contributed by atoms with Gasteiger partial charge in [0.05, 0.1) is 0 Å². The van der Waals surface area contributed by atoms with Gasteiger partial charge in [0.1, 0.15) is 5.69 Å². The molecular weight excluding hydrogens is 278 g/mol. The predicted octanol–water partition coefficient (Wildman–Crippen LogP) is 1.05. The molecule has 0 saturated carbocycles. The smallest absolute Gasteiger partial charge is 0.273 e. The van der Waals surface area contributed by atoms with Gasteiger partial charge in [0.15, 0.2) is 5.82 Å². The van der Waals surface area contributed by atoms with Gasteiger partial charge in [-0.3, -0.25) is 4.57 Å². The first-order valence-electron chi connectivity index (χ1n) is 6.03. The summed E-state index contributed by atoms with van der Waals surface area (Å²) in [6.07, 6.45) is 0. The zero-order valence-corrected chi connectivity index (χ0v) is 12.6. The van der Waals surface area contributed by atoms with Gasteiger partial charge in [-0.15, -0.1) is 10.2 Å². The maximum atomic E-state index is 11.6. The highest BCUT2D eigenvalue weighted by Crippen LogP contribution is 2.26. The molecule has 0 aliphatic heterocycles. The lowest BCUT2D eigenvalue weighted by molar-refractivity contribution is 0.365. The van der Waals surface area contributed by atoms with E-state index in [2.05, 4.69) is 15.2 Å². The van der Waals surface area contributed by atoms with Crippen molar-refractivity contribution >= 4 is 10.0 Å². The van der Waals surface area contributed by atoms with E-state index in [1.165, 1.54) is 4.57 Å². The number of hydrogen-bond acceptors (Lipinski definition) is 5. The van der Waals surface area contributed by atoms with Crippen LogP contribution in [0.4, 0.5) is 0 Å². The monoisotopic (exact) mass is 295 g/mol. The molecule has 0 aromatic carbocycles. The molecule has 0 aliphatic carbocycles. The molecule has 0 aliphatic rings. The first kappa shape index (κ1) is 14.6. The average molecular weight is 295 g/mol. The third kappa shape index (κ3) is 2.70. The van der Waals surface area contributed by atoms with Crippen molar-refractivity contribution in [3.8, 4) is 11.5 Å². The second kappa shape index (κ2) is 4.64. The Morgan fingerprint density at radius 1 is 1.20 bits per heavy atom. The Kier molecular flexibility index (Phi) is 3.39. The van der Waals surface area contributed by atoms with Gasteiger partial charge in [-0.25, -0.2) is 18.5 Å². The summed E-state index contributed by atoms with van der Waals surface area (Å²) < 4.78 is 24.8. The van der Waals surface area contributed by atoms with E-state index in [1.807, 2.05) is 39.8 Å². The van der Waals surface area contributed by atoms with Gasteiger partial charge in [-0.2, -0.15) is 0 Å². The second-order valence-corrected chi connectivity index (χ2v) is 6.98. The van der Waals surface area contributed by atoms with E-state index in [-0.39, 0.29) is 5.16 Å². The van der Waals surface area contributed by atoms with Gasteiger partial charge in [0.2, 0.25) is 0 Å². The van der Waals surface area contributed by atoms with Crippen molar-refractivity contribution < 1.29 is 8.42 Å². The average Bonchev–Trinajstić information content (AvgIpc) is 2.72. The van der Waals surface area contributed by atoms with Crippen molar-refractivity contribution in [2.24, 2.45) is 5.14 Å². The molecule has 2 N–H and O–H groups in total. The van der Waals surface area contributed by atoms with Gasteiger partial charge in [-0.1, -0.05) is 6.07 Å². The number of aryl methyl sites for hydroxylation is 1. The Bertz CT molecular complexity index is 743. The summed E-state index contributed by atoms with van der Waals surface area (Å²) in [5.41, 5.74) is 0.817. The van der Waals surface area contributed by atoms with E-state index in [0.717, 1.165) is 5.69 Å². The quantitative estimate of drug-likeness (QED) is 0.891. The fourth-order valence-corrected chi connectivity index (χ4v) is 2.66. The Hall–Kier alpha value is -1.80. The van der Waals surface area contributed by atoms with Crippen molar-refractivity contribution in [3.05, 3.63) is 23.9 Å². The van der Waals surface area contributed by atoms with Crippen LogP contribution in [-0.4, -0.2) is 28.2 Å². The van der Waals surface area contributed by atoms with E-state index in [4.69, 9.17) is 5.14 Å². The van der Waals surface area contributed by atoms with Crippen LogP contribution < -0.4 is 5.14 Å². The lowest BCUT2D eigenvalue weighted by Gasteiger charge is -2.24. The molecule has 2 aromatic rings. The number of primary sulfonamides is 1. The van der Waals surface area contributed by atoms with Gasteiger partial charge in [0, 0.05) is 11.2 Å². The molecular formula is C12H17N5O2S. The fraction of sp³-hybridized carbons (Fsp3) is 0.417. The largest absolute Gasteiger partial charge is 0.290 e. The maximum absolute atomic E-state index is 11.6.